The first kappa shape index (κ1) is 16.3. The number of benzene rings is 2. The van der Waals surface area contributed by atoms with E-state index >= 15 is 0 Å². The molecule has 0 radical (unpaired) electrons. The number of hydrogen-bond donors (Lipinski definition) is 0. The van der Waals surface area contributed by atoms with Gasteiger partial charge < -0.3 is 13.9 Å². The maximum absolute atomic E-state index is 13.6. The summed E-state index contributed by atoms with van der Waals surface area (Å²) in [6.45, 7) is 0. The van der Waals surface area contributed by atoms with E-state index in [0.717, 1.165) is 0 Å². The summed E-state index contributed by atoms with van der Waals surface area (Å²) in [7, 11) is 3.14. The lowest BCUT2D eigenvalue weighted by molar-refractivity contribution is 0.394. The number of thioether (sulfide) groups is 1. The molecule has 0 spiro atoms. The zero-order valence-corrected chi connectivity index (χ0v) is 14.0. The van der Waals surface area contributed by atoms with Gasteiger partial charge in [0.05, 0.1) is 14.2 Å². The van der Waals surface area contributed by atoms with Gasteiger partial charge in [0.15, 0.2) is 0 Å². The number of hydrogen-bond acceptors (Lipinski definition) is 6. The summed E-state index contributed by atoms with van der Waals surface area (Å²) in [5.74, 6) is 1.77. The van der Waals surface area contributed by atoms with Crippen LogP contribution in [0.15, 0.2) is 52.1 Å². The number of rotatable bonds is 6. The standard InChI is InChI=1S/C17H15FN2O3S/c1-21-13-7-12(8-14(9-13)22-2)16-19-20-17(23-16)24-10-11-5-3-4-6-15(11)18/h3-9H,10H2,1-2H3. The average molecular weight is 346 g/mol. The van der Waals surface area contributed by atoms with Crippen molar-refractivity contribution in [2.45, 2.75) is 11.0 Å². The Hall–Kier alpha value is -2.54. The normalized spacial score (nSPS) is 10.6. The lowest BCUT2D eigenvalue weighted by Gasteiger charge is -2.05. The number of halogens is 1. The highest BCUT2D eigenvalue weighted by molar-refractivity contribution is 7.98. The molecule has 0 aliphatic heterocycles. The van der Waals surface area contributed by atoms with Gasteiger partial charge in [-0.25, -0.2) is 4.39 Å². The van der Waals surface area contributed by atoms with Gasteiger partial charge in [0.1, 0.15) is 17.3 Å². The first-order valence-corrected chi connectivity index (χ1v) is 8.11. The van der Waals surface area contributed by atoms with Crippen molar-refractivity contribution < 1.29 is 18.3 Å². The summed E-state index contributed by atoms with van der Waals surface area (Å²) in [6, 6.07) is 11.9. The molecule has 0 bridgehead atoms. The predicted molar refractivity (Wildman–Crippen MR) is 88.8 cm³/mol. The van der Waals surface area contributed by atoms with E-state index in [-0.39, 0.29) is 5.82 Å². The fraction of sp³-hybridized carbons (Fsp3) is 0.176. The summed E-state index contributed by atoms with van der Waals surface area (Å²) in [6.07, 6.45) is 0. The van der Waals surface area contributed by atoms with Gasteiger partial charge in [0.25, 0.3) is 5.22 Å². The van der Waals surface area contributed by atoms with E-state index in [4.69, 9.17) is 13.9 Å². The van der Waals surface area contributed by atoms with Gasteiger partial charge in [-0.1, -0.05) is 30.0 Å². The average Bonchev–Trinajstić information content (AvgIpc) is 3.09. The quantitative estimate of drug-likeness (QED) is 0.624. The van der Waals surface area contributed by atoms with Crippen LogP contribution >= 0.6 is 11.8 Å². The van der Waals surface area contributed by atoms with Gasteiger partial charge >= 0.3 is 0 Å². The van der Waals surface area contributed by atoms with E-state index in [1.807, 2.05) is 0 Å². The largest absolute Gasteiger partial charge is 0.497 e. The van der Waals surface area contributed by atoms with Gasteiger partial charge in [-0.2, -0.15) is 0 Å². The molecular formula is C17H15FN2O3S. The molecule has 0 atom stereocenters. The Morgan fingerprint density at radius 2 is 1.75 bits per heavy atom. The van der Waals surface area contributed by atoms with Crippen molar-refractivity contribution in [1.29, 1.82) is 0 Å². The van der Waals surface area contributed by atoms with Crippen LogP contribution in [0.5, 0.6) is 11.5 Å². The minimum atomic E-state index is -0.248. The monoisotopic (exact) mass is 346 g/mol. The molecular weight excluding hydrogens is 331 g/mol. The summed E-state index contributed by atoms with van der Waals surface area (Å²) in [5.41, 5.74) is 1.28. The third kappa shape index (κ3) is 3.68. The van der Waals surface area contributed by atoms with Crippen molar-refractivity contribution in [3.8, 4) is 23.0 Å². The molecule has 0 saturated carbocycles. The van der Waals surface area contributed by atoms with E-state index in [9.17, 15) is 4.39 Å². The number of methoxy groups -OCH3 is 2. The lowest BCUT2D eigenvalue weighted by atomic mass is 10.2. The first-order valence-electron chi connectivity index (χ1n) is 7.12. The Kier molecular flexibility index (Phi) is 5.00. The van der Waals surface area contributed by atoms with Crippen molar-refractivity contribution >= 4 is 11.8 Å². The molecule has 7 heteroatoms. The molecule has 3 aromatic rings. The molecule has 3 rings (SSSR count). The first-order chi connectivity index (χ1) is 11.7. The summed E-state index contributed by atoms with van der Waals surface area (Å²) in [4.78, 5) is 0. The Balaban J connectivity index is 1.77. The Labute approximate surface area is 142 Å². The van der Waals surface area contributed by atoms with Gasteiger partial charge in [0, 0.05) is 17.4 Å². The molecule has 0 unspecified atom stereocenters. The fourth-order valence-electron chi connectivity index (χ4n) is 2.07. The SMILES string of the molecule is COc1cc(OC)cc(-c2nnc(SCc3ccccc3F)o2)c1. The maximum atomic E-state index is 13.6. The van der Waals surface area contributed by atoms with Crippen LogP contribution in [0, 0.1) is 5.82 Å². The molecule has 1 heterocycles. The van der Waals surface area contributed by atoms with Crippen LogP contribution in [0.2, 0.25) is 0 Å². The zero-order valence-electron chi connectivity index (χ0n) is 13.2. The van der Waals surface area contributed by atoms with Crippen LogP contribution in [0.4, 0.5) is 4.39 Å². The van der Waals surface area contributed by atoms with Crippen molar-refractivity contribution in [1.82, 2.24) is 10.2 Å². The molecule has 0 amide bonds. The highest BCUT2D eigenvalue weighted by atomic mass is 32.2. The minimum absolute atomic E-state index is 0.248. The van der Waals surface area contributed by atoms with Crippen LogP contribution in [0.25, 0.3) is 11.5 Å². The molecule has 1 aromatic heterocycles. The van der Waals surface area contributed by atoms with Gasteiger partial charge in [0.2, 0.25) is 5.89 Å². The van der Waals surface area contributed by atoms with Crippen LogP contribution in [-0.4, -0.2) is 24.4 Å². The van der Waals surface area contributed by atoms with Gasteiger partial charge in [-0.3, -0.25) is 0 Å². The van der Waals surface area contributed by atoms with Gasteiger partial charge in [-0.15, -0.1) is 10.2 Å². The summed E-state index contributed by atoms with van der Waals surface area (Å²) < 4.78 is 29.7. The molecule has 5 nitrogen and oxygen atoms in total. The minimum Gasteiger partial charge on any atom is -0.497 e. The molecule has 0 fully saturated rings. The van der Waals surface area contributed by atoms with Crippen LogP contribution in [-0.2, 0) is 5.75 Å². The van der Waals surface area contributed by atoms with Crippen molar-refractivity contribution in [3.05, 3.63) is 53.8 Å². The Morgan fingerprint density at radius 3 is 2.42 bits per heavy atom. The Bertz CT molecular complexity index is 816. The molecule has 0 N–H and O–H groups in total. The number of nitrogens with zero attached hydrogens (tertiary/aromatic N) is 2. The Morgan fingerprint density at radius 1 is 1.04 bits per heavy atom. The maximum Gasteiger partial charge on any atom is 0.277 e. The molecule has 0 aliphatic carbocycles. The number of aromatic nitrogens is 2. The van der Waals surface area contributed by atoms with E-state index < -0.39 is 0 Å². The van der Waals surface area contributed by atoms with Crippen molar-refractivity contribution in [2.24, 2.45) is 0 Å². The van der Waals surface area contributed by atoms with E-state index in [0.29, 0.717) is 39.5 Å². The second kappa shape index (κ2) is 7.35. The molecule has 24 heavy (non-hydrogen) atoms. The van der Waals surface area contributed by atoms with E-state index in [2.05, 4.69) is 10.2 Å². The molecule has 0 saturated heterocycles. The fourth-order valence-corrected chi connectivity index (χ4v) is 2.82. The molecule has 0 aliphatic rings. The summed E-state index contributed by atoms with van der Waals surface area (Å²) in [5, 5.41) is 8.39. The van der Waals surface area contributed by atoms with Crippen LogP contribution in [0.3, 0.4) is 0 Å². The lowest BCUT2D eigenvalue weighted by Crippen LogP contribution is -1.88. The van der Waals surface area contributed by atoms with Crippen molar-refractivity contribution in [2.75, 3.05) is 14.2 Å². The van der Waals surface area contributed by atoms with E-state index in [1.165, 1.54) is 17.8 Å². The van der Waals surface area contributed by atoms with Gasteiger partial charge in [-0.05, 0) is 23.8 Å². The second-order valence-electron chi connectivity index (χ2n) is 4.85. The van der Waals surface area contributed by atoms with E-state index in [1.54, 1.807) is 50.6 Å². The third-order valence-electron chi connectivity index (χ3n) is 3.31. The third-order valence-corrected chi connectivity index (χ3v) is 4.18. The highest BCUT2D eigenvalue weighted by Crippen LogP contribution is 2.31. The number of ether oxygens (including phenoxy) is 2. The smallest absolute Gasteiger partial charge is 0.277 e. The van der Waals surface area contributed by atoms with Crippen molar-refractivity contribution in [3.63, 3.8) is 0 Å². The van der Waals surface area contributed by atoms with Crippen LogP contribution < -0.4 is 9.47 Å². The summed E-state index contributed by atoms with van der Waals surface area (Å²) >= 11 is 1.28. The van der Waals surface area contributed by atoms with Crippen LogP contribution in [0.1, 0.15) is 5.56 Å². The highest BCUT2D eigenvalue weighted by Gasteiger charge is 2.13. The predicted octanol–water partition coefficient (Wildman–Crippen LogP) is 4.19. The molecule has 124 valence electrons. The second-order valence-corrected chi connectivity index (χ2v) is 5.78. The molecule has 2 aromatic carbocycles. The topological polar surface area (TPSA) is 57.4 Å². The zero-order chi connectivity index (χ0) is 16.9.